The zero-order valence-corrected chi connectivity index (χ0v) is 21.4. The molecule has 18 nitrogen and oxygen atoms in total. The van der Waals surface area contributed by atoms with E-state index in [2.05, 4.69) is 18.1 Å². The summed E-state index contributed by atoms with van der Waals surface area (Å²) in [6.07, 6.45) is -3.62. The lowest BCUT2D eigenvalue weighted by Gasteiger charge is -2.33. The number of rotatable bonds is 8. The van der Waals surface area contributed by atoms with Crippen LogP contribution in [0.5, 0.6) is 0 Å². The summed E-state index contributed by atoms with van der Waals surface area (Å²) >= 11 is 1.32. The number of ether oxygens (including phenoxy) is 1. The van der Waals surface area contributed by atoms with Crippen LogP contribution in [0.2, 0.25) is 0 Å². The summed E-state index contributed by atoms with van der Waals surface area (Å²) in [7, 11) is -17.8. The van der Waals surface area contributed by atoms with Gasteiger partial charge in [-0.15, -0.1) is 11.8 Å². The van der Waals surface area contributed by atoms with Crippen molar-refractivity contribution in [3.63, 3.8) is 0 Å². The van der Waals surface area contributed by atoms with Crippen molar-refractivity contribution in [1.82, 2.24) is 18.5 Å². The number of carbonyl (C=O) groups excluding carboxylic acids is 1. The van der Waals surface area contributed by atoms with Crippen LogP contribution in [0.4, 0.5) is 0 Å². The summed E-state index contributed by atoms with van der Waals surface area (Å²) in [6, 6.07) is 0. The number of fused-ring (bicyclic) bond motifs is 1. The molecule has 3 unspecified atom stereocenters. The third kappa shape index (κ3) is 7.92. The highest BCUT2D eigenvalue weighted by molar-refractivity contribution is 8.15. The van der Waals surface area contributed by atoms with Crippen LogP contribution in [0.15, 0.2) is 28.4 Å². The van der Waals surface area contributed by atoms with E-state index >= 15 is 0 Å². The molecule has 15 N–H and O–H groups in total. The second-order valence-corrected chi connectivity index (χ2v) is 11.5. The van der Waals surface area contributed by atoms with Crippen LogP contribution in [0.25, 0.3) is 0 Å². The molecule has 0 aliphatic carbocycles. The largest absolute Gasteiger partial charge is 0.756 e. The molecular weight excluding hydrogens is 549 g/mol. The lowest BCUT2D eigenvalue weighted by Crippen LogP contribution is -2.36. The van der Waals surface area contributed by atoms with E-state index in [0.29, 0.717) is 16.4 Å². The summed E-state index contributed by atoms with van der Waals surface area (Å²) < 4.78 is 49.3. The van der Waals surface area contributed by atoms with E-state index in [1.807, 2.05) is 0 Å². The summed E-state index contributed by atoms with van der Waals surface area (Å²) in [4.78, 5) is 58.1. The fourth-order valence-electron chi connectivity index (χ4n) is 2.81. The maximum atomic E-state index is 12.5. The summed E-state index contributed by atoms with van der Waals surface area (Å²) in [5.41, 5.74) is 0.204. The fraction of sp³-hybridized carbons (Fsp3) is 0.500. The van der Waals surface area contributed by atoms with E-state index in [9.17, 15) is 43.4 Å². The number of nitrogens with zero attached hydrogens (tertiary/aromatic N) is 1. The number of aliphatic hydroxyl groups excluding tert-OH is 2. The number of Topliss-reactive ketones (excluding diaryl/α,β-unsaturated/α-hetero) is 1. The van der Waals surface area contributed by atoms with Gasteiger partial charge in [-0.3, -0.25) is 18.5 Å². The van der Waals surface area contributed by atoms with Crippen molar-refractivity contribution in [1.29, 1.82) is 0 Å². The Labute approximate surface area is 196 Å². The Kier molecular flexibility index (Phi) is 11.8. The van der Waals surface area contributed by atoms with Gasteiger partial charge in [0, 0.05) is 17.5 Å². The molecule has 0 aromatic rings. The first-order chi connectivity index (χ1) is 14.2. The van der Waals surface area contributed by atoms with E-state index < -0.39 is 60.3 Å². The molecule has 0 radical (unpaired) electrons. The van der Waals surface area contributed by atoms with Crippen LogP contribution < -0.4 is 33.1 Å². The Morgan fingerprint density at radius 2 is 1.71 bits per heavy atom. The molecule has 34 heavy (non-hydrogen) atoms. The molecule has 7 atom stereocenters. The van der Waals surface area contributed by atoms with Crippen molar-refractivity contribution < 1.29 is 66.2 Å². The number of phosphoric acid groups is 3. The quantitative estimate of drug-likeness (QED) is 0.181. The molecule has 0 spiro atoms. The smallest absolute Gasteiger partial charge is 0.280 e. The molecule has 0 amide bonds. The summed E-state index contributed by atoms with van der Waals surface area (Å²) in [5.74, 6) is 0.0272. The molecule has 3 rings (SSSR count). The van der Waals surface area contributed by atoms with E-state index in [4.69, 9.17) is 9.63 Å². The molecule has 0 saturated carbocycles. The average molecular weight is 574 g/mol. The number of thioether (sulfide) groups is 1. The Morgan fingerprint density at radius 1 is 1.09 bits per heavy atom. The Hall–Kier alpha value is -0.660. The second kappa shape index (κ2) is 12.1. The van der Waals surface area contributed by atoms with Gasteiger partial charge in [-0.1, -0.05) is 6.08 Å². The van der Waals surface area contributed by atoms with Crippen molar-refractivity contribution in [3.05, 3.63) is 23.4 Å². The maximum absolute atomic E-state index is 12.5. The molecule has 3 aliphatic rings. The van der Waals surface area contributed by atoms with E-state index in [1.54, 1.807) is 6.08 Å². The van der Waals surface area contributed by atoms with Gasteiger partial charge in [-0.05, 0) is 0 Å². The number of aliphatic hydroxyl groups is 2. The van der Waals surface area contributed by atoms with Crippen molar-refractivity contribution in [2.45, 2.75) is 24.4 Å². The zero-order chi connectivity index (χ0) is 23.2. The van der Waals surface area contributed by atoms with Gasteiger partial charge in [0.1, 0.15) is 29.5 Å². The van der Waals surface area contributed by atoms with Crippen LogP contribution in [0.1, 0.15) is 0 Å². The van der Waals surface area contributed by atoms with Crippen LogP contribution in [-0.2, 0) is 36.4 Å². The highest BCUT2D eigenvalue weighted by Crippen LogP contribution is 2.61. The van der Waals surface area contributed by atoms with E-state index in [0.717, 1.165) is 6.20 Å². The third-order valence-electron chi connectivity index (χ3n) is 4.03. The average Bonchev–Trinajstić information content (AvgIpc) is 3.17. The van der Waals surface area contributed by atoms with Crippen LogP contribution >= 0.6 is 35.2 Å². The Balaban J connectivity index is 0.00000363. The van der Waals surface area contributed by atoms with Gasteiger partial charge in [0.2, 0.25) is 0 Å². The molecular formula is C12H25N4O14P3S. The maximum Gasteiger partial charge on any atom is 0.280 e. The van der Waals surface area contributed by atoms with Gasteiger partial charge in [-0.25, -0.2) is 13.6 Å². The second-order valence-electron chi connectivity index (χ2n) is 6.17. The first-order valence-electron chi connectivity index (χ1n) is 8.10. The first kappa shape index (κ1) is 33.3. The van der Waals surface area contributed by atoms with Crippen LogP contribution in [0, 0.1) is 0 Å². The lowest BCUT2D eigenvalue weighted by atomic mass is 9.94. The minimum atomic E-state index is -6.08. The lowest BCUT2D eigenvalue weighted by molar-refractivity contribution is -0.250. The molecule has 22 heteroatoms. The fourth-order valence-corrected chi connectivity index (χ4v) is 6.57. The normalized spacial score (nSPS) is 31.1. The molecule has 1 fully saturated rings. The highest BCUT2D eigenvalue weighted by Gasteiger charge is 2.47. The topological polar surface area (TPSA) is 357 Å². The van der Waals surface area contributed by atoms with Crippen LogP contribution in [-0.4, -0.2) is 62.7 Å². The summed E-state index contributed by atoms with van der Waals surface area (Å²) in [6.45, 7) is -1.09. The van der Waals surface area contributed by atoms with Gasteiger partial charge < -0.3 is 57.5 Å². The number of hydrogen-bond acceptors (Lipinski definition) is 15. The minimum absolute atomic E-state index is 0. The van der Waals surface area contributed by atoms with E-state index in [1.165, 1.54) is 11.8 Å². The molecule has 198 valence electrons. The standard InChI is InChI=1S/C12H16NO14P3S.3H3N/c14-8-5-1-2-31-12(5)13-3-6(8)11-10(16)9(15)7(25-11)4-24-29(20,21)27-30(22,23)26-28(17,18)19;;;/h1,3,7,9-11,15-16H,2,4H2,(H,20,21)(H,22,23)(H2,17,18,19);3*1H3/t7-,9-,10-,11-;;;/m1.../s1. The number of aliphatic imine (C=N–C) groups is 1. The first-order valence-corrected chi connectivity index (χ1v) is 13.5. The third-order valence-corrected chi connectivity index (χ3v) is 8.66. The van der Waals surface area contributed by atoms with Gasteiger partial charge >= 0.3 is 0 Å². The molecule has 3 aliphatic heterocycles. The highest BCUT2D eigenvalue weighted by atomic mass is 32.2. The number of quaternary nitrogens is 3. The summed E-state index contributed by atoms with van der Waals surface area (Å²) in [5, 5.41) is 20.8. The van der Waals surface area contributed by atoms with Gasteiger partial charge in [-0.2, -0.15) is 0 Å². The minimum Gasteiger partial charge on any atom is -0.756 e. The van der Waals surface area contributed by atoms with Crippen molar-refractivity contribution in [3.8, 4) is 0 Å². The monoisotopic (exact) mass is 574 g/mol. The van der Waals surface area contributed by atoms with Crippen molar-refractivity contribution in [2.75, 3.05) is 12.4 Å². The van der Waals surface area contributed by atoms with E-state index in [-0.39, 0.29) is 24.0 Å². The predicted octanol–water partition coefficient (Wildman–Crippen LogP) is -1.41. The number of ketones is 1. The van der Waals surface area contributed by atoms with Gasteiger partial charge in [0.05, 0.1) is 12.2 Å². The molecule has 0 bridgehead atoms. The molecule has 0 aromatic heterocycles. The Morgan fingerprint density at radius 3 is 2.29 bits per heavy atom. The predicted molar refractivity (Wildman–Crippen MR) is 113 cm³/mol. The van der Waals surface area contributed by atoms with Crippen molar-refractivity contribution >= 4 is 46.1 Å². The zero-order valence-electron chi connectivity index (χ0n) is 17.9. The SMILES string of the molecule is O=C1C2=CCSC2=NC=C1[C@H]1O[C@H](COP(=O)([O-])OP(=O)([O-])OP(=O)([O-])O)[C@@H](O)[C@H]1O.[NH4+].[NH4+].[NH4+]. The number of hydrogen-bond donors (Lipinski definition) is 6. The van der Waals surface area contributed by atoms with Crippen molar-refractivity contribution in [2.24, 2.45) is 4.99 Å². The Bertz CT molecular complexity index is 1010. The molecule has 3 heterocycles. The number of carbonyl (C=O) groups is 1. The van der Waals surface area contributed by atoms with Crippen LogP contribution in [0.3, 0.4) is 0 Å². The number of phosphoric ester groups is 1. The van der Waals surface area contributed by atoms with Gasteiger partial charge in [0.25, 0.3) is 23.5 Å². The molecule has 0 aromatic carbocycles. The van der Waals surface area contributed by atoms with Gasteiger partial charge in [0.15, 0.2) is 5.78 Å². The molecule has 1 saturated heterocycles.